The molecule has 1 aliphatic rings. The number of amidine groups is 1. The van der Waals surface area contributed by atoms with Crippen LogP contribution < -0.4 is 11.1 Å². The summed E-state index contributed by atoms with van der Waals surface area (Å²) in [5, 5.41) is 14.4. The molecule has 1 saturated heterocycles. The molecule has 0 aromatic rings. The summed E-state index contributed by atoms with van der Waals surface area (Å²) in [5.41, 5.74) is 5.46. The van der Waals surface area contributed by atoms with E-state index in [4.69, 9.17) is 10.9 Å². The van der Waals surface area contributed by atoms with Crippen molar-refractivity contribution >= 4 is 11.9 Å². The van der Waals surface area contributed by atoms with Gasteiger partial charge in [0.25, 0.3) is 0 Å². The van der Waals surface area contributed by atoms with Gasteiger partial charge in [0.05, 0.1) is 0 Å². The third-order valence-corrected chi connectivity index (χ3v) is 3.48. The zero-order chi connectivity index (χ0) is 13.5. The van der Waals surface area contributed by atoms with Crippen molar-refractivity contribution < 1.29 is 10.0 Å². The van der Waals surface area contributed by atoms with E-state index in [1.165, 1.54) is 0 Å². The smallest absolute Gasteiger partial charge is 0.317 e. The number of nitrogens with two attached hydrogens (primary N) is 1. The van der Waals surface area contributed by atoms with Gasteiger partial charge in [-0.25, -0.2) is 4.79 Å². The Labute approximate surface area is 108 Å². The fraction of sp³-hybridized carbons (Fsp3) is 0.833. The Kier molecular flexibility index (Phi) is 5.74. The van der Waals surface area contributed by atoms with Gasteiger partial charge in [-0.3, -0.25) is 0 Å². The second kappa shape index (κ2) is 7.08. The Bertz CT molecular complexity index is 298. The number of rotatable bonds is 4. The summed E-state index contributed by atoms with van der Waals surface area (Å²) >= 11 is 0. The standard InChI is InChI=1S/C12H24N4O2/c1-3-10(8-11(13)15-18)14-12(17)16-6-4-9(2)5-7-16/h9-10,18H,3-8H2,1-2H3,(H2,13,15)(H,14,17). The van der Waals surface area contributed by atoms with Crippen LogP contribution in [-0.2, 0) is 0 Å². The average Bonchev–Trinajstić information content (AvgIpc) is 2.38. The van der Waals surface area contributed by atoms with E-state index in [0.29, 0.717) is 12.3 Å². The maximum absolute atomic E-state index is 12.0. The lowest BCUT2D eigenvalue weighted by Gasteiger charge is -2.31. The van der Waals surface area contributed by atoms with Gasteiger partial charge in [-0.1, -0.05) is 19.0 Å². The molecule has 6 heteroatoms. The Morgan fingerprint density at radius 2 is 2.17 bits per heavy atom. The predicted octanol–water partition coefficient (Wildman–Crippen LogP) is 1.34. The minimum absolute atomic E-state index is 0.0421. The largest absolute Gasteiger partial charge is 0.409 e. The lowest BCUT2D eigenvalue weighted by molar-refractivity contribution is 0.170. The van der Waals surface area contributed by atoms with E-state index in [1.807, 2.05) is 11.8 Å². The number of carbonyl (C=O) groups is 1. The van der Waals surface area contributed by atoms with Gasteiger partial charge < -0.3 is 21.2 Å². The number of carbonyl (C=O) groups excluding carboxylic acids is 1. The van der Waals surface area contributed by atoms with E-state index in [2.05, 4.69) is 17.4 Å². The van der Waals surface area contributed by atoms with Crippen molar-refractivity contribution in [2.45, 2.75) is 45.6 Å². The summed E-state index contributed by atoms with van der Waals surface area (Å²) in [5.74, 6) is 0.850. The molecule has 1 fully saturated rings. The predicted molar refractivity (Wildman–Crippen MR) is 70.6 cm³/mol. The first-order valence-electron chi connectivity index (χ1n) is 6.58. The zero-order valence-electron chi connectivity index (χ0n) is 11.2. The van der Waals surface area contributed by atoms with Gasteiger partial charge in [-0.05, 0) is 25.2 Å². The third kappa shape index (κ3) is 4.43. The van der Waals surface area contributed by atoms with E-state index < -0.39 is 0 Å². The van der Waals surface area contributed by atoms with E-state index in [0.717, 1.165) is 32.4 Å². The average molecular weight is 256 g/mol. The summed E-state index contributed by atoms with van der Waals surface area (Å²) in [7, 11) is 0. The van der Waals surface area contributed by atoms with E-state index >= 15 is 0 Å². The third-order valence-electron chi connectivity index (χ3n) is 3.48. The van der Waals surface area contributed by atoms with Crippen LogP contribution in [0, 0.1) is 5.92 Å². The fourth-order valence-corrected chi connectivity index (χ4v) is 2.07. The molecule has 0 aliphatic carbocycles. The minimum atomic E-state index is -0.0762. The first kappa shape index (κ1) is 14.6. The number of urea groups is 1. The Balaban J connectivity index is 2.42. The first-order chi connectivity index (χ1) is 8.56. The minimum Gasteiger partial charge on any atom is -0.409 e. The summed E-state index contributed by atoms with van der Waals surface area (Å²) in [6, 6.07) is -0.118. The van der Waals surface area contributed by atoms with Gasteiger partial charge in [-0.2, -0.15) is 0 Å². The van der Waals surface area contributed by atoms with Crippen LogP contribution in [0.3, 0.4) is 0 Å². The molecule has 0 spiro atoms. The number of hydrogen-bond donors (Lipinski definition) is 3. The molecule has 4 N–H and O–H groups in total. The van der Waals surface area contributed by atoms with Crippen molar-refractivity contribution in [1.29, 1.82) is 0 Å². The van der Waals surface area contributed by atoms with Gasteiger partial charge in [0, 0.05) is 25.6 Å². The molecule has 0 bridgehead atoms. The summed E-state index contributed by atoms with van der Waals surface area (Å²) in [6.07, 6.45) is 3.25. The molecule has 104 valence electrons. The second-order valence-corrected chi connectivity index (χ2v) is 5.02. The molecule has 6 nitrogen and oxygen atoms in total. The maximum atomic E-state index is 12.0. The topological polar surface area (TPSA) is 91.0 Å². The van der Waals surface area contributed by atoms with Gasteiger partial charge >= 0.3 is 6.03 Å². The first-order valence-corrected chi connectivity index (χ1v) is 6.58. The van der Waals surface area contributed by atoms with Crippen molar-refractivity contribution in [2.75, 3.05) is 13.1 Å². The molecule has 2 amide bonds. The molecular formula is C12H24N4O2. The molecule has 1 aliphatic heterocycles. The van der Waals surface area contributed by atoms with Crippen LogP contribution in [-0.4, -0.2) is 41.1 Å². The van der Waals surface area contributed by atoms with Crippen molar-refractivity contribution in [3.8, 4) is 0 Å². The number of oxime groups is 1. The SMILES string of the molecule is CCC(CC(N)=NO)NC(=O)N1CCC(C)CC1. The monoisotopic (exact) mass is 256 g/mol. The van der Waals surface area contributed by atoms with Crippen LogP contribution in [0.15, 0.2) is 5.16 Å². The molecule has 0 aromatic carbocycles. The summed E-state index contributed by atoms with van der Waals surface area (Å²) in [4.78, 5) is 13.9. The maximum Gasteiger partial charge on any atom is 0.317 e. The highest BCUT2D eigenvalue weighted by atomic mass is 16.4. The molecule has 0 aromatic heterocycles. The van der Waals surface area contributed by atoms with Crippen LogP contribution in [0.4, 0.5) is 4.79 Å². The molecular weight excluding hydrogens is 232 g/mol. The summed E-state index contributed by atoms with van der Waals surface area (Å²) in [6.45, 7) is 5.80. The normalized spacial score (nSPS) is 19.7. The summed E-state index contributed by atoms with van der Waals surface area (Å²) < 4.78 is 0. The number of hydrogen-bond acceptors (Lipinski definition) is 3. The lowest BCUT2D eigenvalue weighted by atomic mass is 9.99. The highest BCUT2D eigenvalue weighted by Gasteiger charge is 2.22. The van der Waals surface area contributed by atoms with Crippen molar-refractivity contribution in [3.63, 3.8) is 0 Å². The van der Waals surface area contributed by atoms with Crippen LogP contribution in [0.5, 0.6) is 0 Å². The van der Waals surface area contributed by atoms with Gasteiger partial charge in [0.15, 0.2) is 0 Å². The zero-order valence-corrected chi connectivity index (χ0v) is 11.2. The Hall–Kier alpha value is -1.46. The number of amides is 2. The lowest BCUT2D eigenvalue weighted by Crippen LogP contribution is -2.48. The van der Waals surface area contributed by atoms with Crippen LogP contribution in [0.2, 0.25) is 0 Å². The fourth-order valence-electron chi connectivity index (χ4n) is 2.07. The van der Waals surface area contributed by atoms with Crippen molar-refractivity contribution in [2.24, 2.45) is 16.8 Å². The second-order valence-electron chi connectivity index (χ2n) is 5.02. The highest BCUT2D eigenvalue weighted by molar-refractivity contribution is 5.81. The highest BCUT2D eigenvalue weighted by Crippen LogP contribution is 2.16. The van der Waals surface area contributed by atoms with Crippen molar-refractivity contribution in [3.05, 3.63) is 0 Å². The van der Waals surface area contributed by atoms with Gasteiger partial charge in [-0.15, -0.1) is 0 Å². The van der Waals surface area contributed by atoms with Crippen molar-refractivity contribution in [1.82, 2.24) is 10.2 Å². The molecule has 1 rings (SSSR count). The number of nitrogens with one attached hydrogen (secondary N) is 1. The van der Waals surface area contributed by atoms with Gasteiger partial charge in [0.1, 0.15) is 5.84 Å². The Morgan fingerprint density at radius 3 is 2.67 bits per heavy atom. The van der Waals surface area contributed by atoms with E-state index in [-0.39, 0.29) is 17.9 Å². The molecule has 1 unspecified atom stereocenters. The van der Waals surface area contributed by atoms with Crippen LogP contribution in [0.25, 0.3) is 0 Å². The number of nitrogens with zero attached hydrogens (tertiary/aromatic N) is 2. The number of likely N-dealkylation sites (tertiary alicyclic amines) is 1. The molecule has 1 heterocycles. The van der Waals surface area contributed by atoms with E-state index in [1.54, 1.807) is 0 Å². The van der Waals surface area contributed by atoms with E-state index in [9.17, 15) is 4.79 Å². The Morgan fingerprint density at radius 1 is 1.56 bits per heavy atom. The quantitative estimate of drug-likeness (QED) is 0.307. The van der Waals surface area contributed by atoms with Crippen LogP contribution >= 0.6 is 0 Å². The molecule has 0 radical (unpaired) electrons. The molecule has 1 atom stereocenters. The molecule has 0 saturated carbocycles. The molecule has 18 heavy (non-hydrogen) atoms. The number of piperidine rings is 1. The van der Waals surface area contributed by atoms with Gasteiger partial charge in [0.2, 0.25) is 0 Å². The van der Waals surface area contributed by atoms with Crippen LogP contribution in [0.1, 0.15) is 39.5 Å².